The molecule has 17 heavy (non-hydrogen) atoms. The Morgan fingerprint density at radius 3 is 2.18 bits per heavy atom. The van der Waals surface area contributed by atoms with Crippen LogP contribution in [-0.2, 0) is 19.2 Å². The third-order valence-corrected chi connectivity index (χ3v) is 2.33. The first kappa shape index (κ1) is 13.1. The van der Waals surface area contributed by atoms with Crippen molar-refractivity contribution in [2.24, 2.45) is 0 Å². The molecule has 1 saturated heterocycles. The molecule has 1 heterocycles. The average molecular weight is 242 g/mol. The standard InChI is InChI=1S/C10H14N2O5/c13-7-5-12(6-8(14)11-7)9(15)3-1-2-4-10(16)17/h1-6H2,(H,16,17)(H,11,13,14). The quantitative estimate of drug-likeness (QED) is 0.481. The van der Waals surface area contributed by atoms with E-state index in [0.717, 1.165) is 0 Å². The second-order valence-corrected chi connectivity index (χ2v) is 3.82. The minimum atomic E-state index is -0.898. The molecule has 7 nitrogen and oxygen atoms in total. The van der Waals surface area contributed by atoms with Crippen LogP contribution in [0.4, 0.5) is 0 Å². The maximum absolute atomic E-state index is 11.6. The van der Waals surface area contributed by atoms with Gasteiger partial charge in [-0.25, -0.2) is 0 Å². The number of carboxylic acids is 1. The van der Waals surface area contributed by atoms with Crippen molar-refractivity contribution in [1.82, 2.24) is 10.2 Å². The summed E-state index contributed by atoms with van der Waals surface area (Å²) in [6, 6.07) is 0. The Morgan fingerprint density at radius 1 is 1.12 bits per heavy atom. The van der Waals surface area contributed by atoms with E-state index in [9.17, 15) is 19.2 Å². The normalized spacial score (nSPS) is 15.6. The predicted octanol–water partition coefficient (Wildman–Crippen LogP) is -0.884. The molecule has 0 aromatic carbocycles. The summed E-state index contributed by atoms with van der Waals surface area (Å²) in [5.41, 5.74) is 0. The molecule has 0 radical (unpaired) electrons. The van der Waals surface area contributed by atoms with E-state index in [1.807, 2.05) is 0 Å². The van der Waals surface area contributed by atoms with Crippen LogP contribution in [0, 0.1) is 0 Å². The van der Waals surface area contributed by atoms with E-state index in [-0.39, 0.29) is 31.8 Å². The molecule has 1 fully saturated rings. The van der Waals surface area contributed by atoms with Crippen LogP contribution < -0.4 is 5.32 Å². The lowest BCUT2D eigenvalue weighted by Gasteiger charge is -2.25. The van der Waals surface area contributed by atoms with Gasteiger partial charge in [0.25, 0.3) is 0 Å². The average Bonchev–Trinajstić information content (AvgIpc) is 2.22. The Morgan fingerprint density at radius 2 is 1.65 bits per heavy atom. The zero-order valence-corrected chi connectivity index (χ0v) is 9.27. The first-order valence-electron chi connectivity index (χ1n) is 5.31. The molecule has 0 unspecified atom stereocenters. The molecule has 0 spiro atoms. The number of amides is 3. The number of hydrogen-bond donors (Lipinski definition) is 2. The number of aliphatic carboxylic acids is 1. The fraction of sp³-hybridized carbons (Fsp3) is 0.600. The number of hydrogen-bond acceptors (Lipinski definition) is 4. The number of nitrogens with zero attached hydrogens (tertiary/aromatic N) is 1. The minimum absolute atomic E-state index is 0.0205. The molecule has 0 aromatic rings. The van der Waals surface area contributed by atoms with Gasteiger partial charge in [-0.05, 0) is 12.8 Å². The second kappa shape index (κ2) is 5.97. The summed E-state index contributed by atoms with van der Waals surface area (Å²) in [5, 5.41) is 10.5. The third-order valence-electron chi connectivity index (χ3n) is 2.33. The van der Waals surface area contributed by atoms with Crippen LogP contribution in [0.3, 0.4) is 0 Å². The van der Waals surface area contributed by atoms with E-state index in [0.29, 0.717) is 12.8 Å². The fourth-order valence-corrected chi connectivity index (χ4v) is 1.52. The van der Waals surface area contributed by atoms with Crippen molar-refractivity contribution in [2.75, 3.05) is 13.1 Å². The molecule has 1 aliphatic heterocycles. The van der Waals surface area contributed by atoms with Gasteiger partial charge in [0.1, 0.15) is 13.1 Å². The lowest BCUT2D eigenvalue weighted by atomic mass is 10.1. The lowest BCUT2D eigenvalue weighted by Crippen LogP contribution is -2.53. The number of carbonyl (C=O) groups is 4. The molecule has 0 aliphatic carbocycles. The van der Waals surface area contributed by atoms with Crippen LogP contribution in [0.1, 0.15) is 25.7 Å². The Bertz CT molecular complexity index is 337. The van der Waals surface area contributed by atoms with Gasteiger partial charge >= 0.3 is 5.97 Å². The van der Waals surface area contributed by atoms with Gasteiger partial charge in [0.05, 0.1) is 0 Å². The van der Waals surface area contributed by atoms with Gasteiger partial charge in [-0.1, -0.05) is 0 Å². The van der Waals surface area contributed by atoms with Crippen LogP contribution in [0.5, 0.6) is 0 Å². The number of imide groups is 1. The van der Waals surface area contributed by atoms with Gasteiger partial charge in [-0.3, -0.25) is 24.5 Å². The fourth-order valence-electron chi connectivity index (χ4n) is 1.52. The SMILES string of the molecule is O=C(O)CCCCC(=O)N1CC(=O)NC(=O)C1. The first-order valence-corrected chi connectivity index (χ1v) is 5.31. The summed E-state index contributed by atoms with van der Waals surface area (Å²) < 4.78 is 0. The van der Waals surface area contributed by atoms with E-state index in [1.54, 1.807) is 0 Å². The van der Waals surface area contributed by atoms with Crippen molar-refractivity contribution < 1.29 is 24.3 Å². The molecule has 3 amide bonds. The summed E-state index contributed by atoms with van der Waals surface area (Å²) in [6.07, 6.45) is 1.03. The van der Waals surface area contributed by atoms with Crippen LogP contribution in [0.15, 0.2) is 0 Å². The Labute approximate surface area is 97.8 Å². The van der Waals surface area contributed by atoms with Gasteiger partial charge in [0.15, 0.2) is 0 Å². The molecule has 0 saturated carbocycles. The van der Waals surface area contributed by atoms with Crippen molar-refractivity contribution in [2.45, 2.75) is 25.7 Å². The summed E-state index contributed by atoms with van der Waals surface area (Å²) in [4.78, 5) is 45.0. The largest absolute Gasteiger partial charge is 0.481 e. The Hall–Kier alpha value is -1.92. The molecular weight excluding hydrogens is 228 g/mol. The third kappa shape index (κ3) is 4.62. The second-order valence-electron chi connectivity index (χ2n) is 3.82. The monoisotopic (exact) mass is 242 g/mol. The predicted molar refractivity (Wildman–Crippen MR) is 55.8 cm³/mol. The molecule has 0 atom stereocenters. The van der Waals surface area contributed by atoms with Gasteiger partial charge in [-0.2, -0.15) is 0 Å². The summed E-state index contributed by atoms with van der Waals surface area (Å²) in [7, 11) is 0. The molecule has 94 valence electrons. The highest BCUT2D eigenvalue weighted by Gasteiger charge is 2.25. The lowest BCUT2D eigenvalue weighted by molar-refractivity contribution is -0.145. The van der Waals surface area contributed by atoms with E-state index in [2.05, 4.69) is 5.32 Å². The molecule has 0 aromatic heterocycles. The van der Waals surface area contributed by atoms with Crippen LogP contribution in [0.2, 0.25) is 0 Å². The summed E-state index contributed by atoms with van der Waals surface area (Å²) >= 11 is 0. The maximum Gasteiger partial charge on any atom is 0.303 e. The Balaban J connectivity index is 2.29. The van der Waals surface area contributed by atoms with Crippen molar-refractivity contribution in [1.29, 1.82) is 0 Å². The topological polar surface area (TPSA) is 104 Å². The van der Waals surface area contributed by atoms with E-state index < -0.39 is 17.8 Å². The van der Waals surface area contributed by atoms with Crippen LogP contribution in [-0.4, -0.2) is 46.8 Å². The number of unbranched alkanes of at least 4 members (excludes halogenated alkanes) is 1. The van der Waals surface area contributed by atoms with Crippen molar-refractivity contribution in [3.05, 3.63) is 0 Å². The van der Waals surface area contributed by atoms with E-state index >= 15 is 0 Å². The van der Waals surface area contributed by atoms with Crippen molar-refractivity contribution in [3.8, 4) is 0 Å². The first-order chi connectivity index (χ1) is 7.99. The molecule has 2 N–H and O–H groups in total. The van der Waals surface area contributed by atoms with Gasteiger partial charge < -0.3 is 10.0 Å². The number of carboxylic acid groups (broad SMARTS) is 1. The zero-order valence-electron chi connectivity index (χ0n) is 9.27. The number of piperazine rings is 1. The molecule has 1 rings (SSSR count). The molecule has 0 bridgehead atoms. The maximum atomic E-state index is 11.6. The van der Waals surface area contributed by atoms with Crippen molar-refractivity contribution in [3.63, 3.8) is 0 Å². The van der Waals surface area contributed by atoms with Crippen LogP contribution in [0.25, 0.3) is 0 Å². The number of rotatable bonds is 5. The van der Waals surface area contributed by atoms with Gasteiger partial charge in [-0.15, -0.1) is 0 Å². The summed E-state index contributed by atoms with van der Waals surface area (Å²) in [5.74, 6) is -2.16. The van der Waals surface area contributed by atoms with Gasteiger partial charge in [0.2, 0.25) is 17.7 Å². The highest BCUT2D eigenvalue weighted by atomic mass is 16.4. The van der Waals surface area contributed by atoms with Gasteiger partial charge in [0, 0.05) is 12.8 Å². The van der Waals surface area contributed by atoms with Crippen LogP contribution >= 0.6 is 0 Å². The zero-order chi connectivity index (χ0) is 12.8. The summed E-state index contributed by atoms with van der Waals surface area (Å²) in [6.45, 7) is -0.215. The highest BCUT2D eigenvalue weighted by Crippen LogP contribution is 2.05. The minimum Gasteiger partial charge on any atom is -0.481 e. The molecule has 1 aliphatic rings. The highest BCUT2D eigenvalue weighted by molar-refractivity contribution is 6.02. The number of nitrogens with one attached hydrogen (secondary N) is 1. The number of carbonyl (C=O) groups excluding carboxylic acids is 3. The molecular formula is C10H14N2O5. The van der Waals surface area contributed by atoms with E-state index in [1.165, 1.54) is 4.90 Å². The van der Waals surface area contributed by atoms with Crippen molar-refractivity contribution >= 4 is 23.7 Å². The smallest absolute Gasteiger partial charge is 0.303 e. The molecule has 7 heteroatoms. The van der Waals surface area contributed by atoms with E-state index in [4.69, 9.17) is 5.11 Å². The Kier molecular flexibility index (Phi) is 4.62.